The van der Waals surface area contributed by atoms with Gasteiger partial charge in [0.1, 0.15) is 6.07 Å². The first-order valence-corrected chi connectivity index (χ1v) is 6.66. The van der Waals surface area contributed by atoms with Crippen molar-refractivity contribution in [3.05, 3.63) is 48.0 Å². The number of nitrogens with zero attached hydrogens (tertiary/aromatic N) is 1. The highest BCUT2D eigenvalue weighted by molar-refractivity contribution is 7.98. The number of nitrogens with two attached hydrogens (primary N) is 1. The summed E-state index contributed by atoms with van der Waals surface area (Å²) in [6, 6.07) is 15.5. The van der Waals surface area contributed by atoms with Crippen LogP contribution in [0.5, 0.6) is 0 Å². The van der Waals surface area contributed by atoms with E-state index in [1.807, 2.05) is 30.5 Å². The molecule has 0 saturated heterocycles. The van der Waals surface area contributed by atoms with Gasteiger partial charge in [0, 0.05) is 10.6 Å². The number of thioether (sulfide) groups is 1. The minimum absolute atomic E-state index is 0.490. The van der Waals surface area contributed by atoms with Crippen molar-refractivity contribution in [1.29, 1.82) is 5.26 Å². The maximum absolute atomic E-state index is 8.83. The van der Waals surface area contributed by atoms with E-state index in [1.165, 1.54) is 4.90 Å². The van der Waals surface area contributed by atoms with Crippen molar-refractivity contribution in [3.8, 4) is 6.07 Å². The Balaban J connectivity index is 2.29. The number of benzene rings is 2. The lowest BCUT2D eigenvalue weighted by Crippen LogP contribution is -1.95. The number of hydrogen-bond donors (Lipinski definition) is 2. The van der Waals surface area contributed by atoms with Crippen LogP contribution in [0.3, 0.4) is 0 Å². The number of anilines is 3. The van der Waals surface area contributed by atoms with E-state index in [2.05, 4.69) is 17.5 Å². The smallest absolute Gasteiger partial charge is 0.101 e. The van der Waals surface area contributed by atoms with E-state index in [4.69, 9.17) is 11.0 Å². The summed E-state index contributed by atoms with van der Waals surface area (Å²) >= 11 is 1.68. The number of hydrogen-bond acceptors (Lipinski definition) is 4. The lowest BCUT2D eigenvalue weighted by atomic mass is 10.2. The van der Waals surface area contributed by atoms with Gasteiger partial charge in [0.25, 0.3) is 0 Å². The van der Waals surface area contributed by atoms with E-state index in [-0.39, 0.29) is 0 Å². The lowest BCUT2D eigenvalue weighted by molar-refractivity contribution is 1.41. The van der Waals surface area contributed by atoms with Crippen molar-refractivity contribution >= 4 is 28.8 Å². The summed E-state index contributed by atoms with van der Waals surface area (Å²) in [5.41, 5.74) is 8.70. The standard InChI is InChI=1S/C14H13N3S/c1-18-14-5-3-2-4-13(14)17-11-7-6-10(9-15)12(16)8-11/h2-8,17H,16H2,1H3. The van der Waals surface area contributed by atoms with E-state index in [0.717, 1.165) is 11.4 Å². The third-order valence-electron chi connectivity index (χ3n) is 2.56. The average molecular weight is 255 g/mol. The molecule has 3 nitrogen and oxygen atoms in total. The molecule has 0 amide bonds. The normalized spacial score (nSPS) is 9.78. The number of para-hydroxylation sites is 1. The van der Waals surface area contributed by atoms with Gasteiger partial charge in [-0.2, -0.15) is 5.26 Å². The molecule has 0 aliphatic heterocycles. The Kier molecular flexibility index (Phi) is 3.75. The minimum Gasteiger partial charge on any atom is -0.398 e. The first kappa shape index (κ1) is 12.3. The first-order chi connectivity index (χ1) is 8.74. The highest BCUT2D eigenvalue weighted by atomic mass is 32.2. The van der Waals surface area contributed by atoms with Crippen LogP contribution in [0.25, 0.3) is 0 Å². The minimum atomic E-state index is 0.490. The molecule has 0 spiro atoms. The lowest BCUT2D eigenvalue weighted by Gasteiger charge is -2.11. The van der Waals surface area contributed by atoms with Gasteiger partial charge in [-0.1, -0.05) is 12.1 Å². The average Bonchev–Trinajstić information content (AvgIpc) is 2.39. The second kappa shape index (κ2) is 5.48. The van der Waals surface area contributed by atoms with Crippen LogP contribution in [0, 0.1) is 11.3 Å². The van der Waals surface area contributed by atoms with Gasteiger partial charge in [-0.15, -0.1) is 11.8 Å². The Morgan fingerprint density at radius 2 is 2.00 bits per heavy atom. The highest BCUT2D eigenvalue weighted by Gasteiger charge is 2.03. The summed E-state index contributed by atoms with van der Waals surface area (Å²) < 4.78 is 0. The zero-order chi connectivity index (χ0) is 13.0. The van der Waals surface area contributed by atoms with Crippen LogP contribution in [0.2, 0.25) is 0 Å². The monoisotopic (exact) mass is 255 g/mol. The molecule has 0 unspecified atom stereocenters. The molecule has 0 aromatic heterocycles. The van der Waals surface area contributed by atoms with Crippen LogP contribution < -0.4 is 11.1 Å². The number of nitriles is 1. The molecule has 4 heteroatoms. The van der Waals surface area contributed by atoms with Crippen LogP contribution in [0.15, 0.2) is 47.4 Å². The molecule has 0 bridgehead atoms. The van der Waals surface area contributed by atoms with Gasteiger partial charge in [-0.05, 0) is 36.6 Å². The summed E-state index contributed by atoms with van der Waals surface area (Å²) in [5, 5.41) is 12.1. The van der Waals surface area contributed by atoms with E-state index in [1.54, 1.807) is 23.9 Å². The molecule has 0 radical (unpaired) electrons. The van der Waals surface area contributed by atoms with Crippen LogP contribution in [-0.4, -0.2) is 6.26 Å². The molecular weight excluding hydrogens is 242 g/mol. The Morgan fingerprint density at radius 1 is 1.22 bits per heavy atom. The molecule has 0 aliphatic carbocycles. The van der Waals surface area contributed by atoms with Crippen molar-refractivity contribution in [3.63, 3.8) is 0 Å². The predicted octanol–water partition coefficient (Wildman–Crippen LogP) is 3.61. The van der Waals surface area contributed by atoms with Crippen LogP contribution >= 0.6 is 11.8 Å². The topological polar surface area (TPSA) is 61.8 Å². The summed E-state index contributed by atoms with van der Waals surface area (Å²) in [4.78, 5) is 1.17. The van der Waals surface area contributed by atoms with Crippen LogP contribution in [0.1, 0.15) is 5.56 Å². The molecular formula is C14H13N3S. The zero-order valence-corrected chi connectivity index (χ0v) is 10.8. The quantitative estimate of drug-likeness (QED) is 0.649. The van der Waals surface area contributed by atoms with Gasteiger partial charge in [0.15, 0.2) is 0 Å². The highest BCUT2D eigenvalue weighted by Crippen LogP contribution is 2.28. The Morgan fingerprint density at radius 3 is 2.67 bits per heavy atom. The van der Waals surface area contributed by atoms with Crippen LogP contribution in [-0.2, 0) is 0 Å². The van der Waals surface area contributed by atoms with Crippen LogP contribution in [0.4, 0.5) is 17.1 Å². The molecule has 0 aliphatic rings. The molecule has 0 atom stereocenters. The summed E-state index contributed by atoms with van der Waals surface area (Å²) in [7, 11) is 0. The zero-order valence-electron chi connectivity index (χ0n) is 9.97. The third kappa shape index (κ3) is 2.58. The molecule has 0 fully saturated rings. The molecule has 0 heterocycles. The van der Waals surface area contributed by atoms with E-state index in [9.17, 15) is 0 Å². The molecule has 2 aromatic rings. The Bertz CT molecular complexity index is 602. The van der Waals surface area contributed by atoms with Crippen molar-refractivity contribution in [2.45, 2.75) is 4.90 Å². The number of rotatable bonds is 3. The summed E-state index contributed by atoms with van der Waals surface area (Å²) in [5.74, 6) is 0. The molecule has 90 valence electrons. The summed E-state index contributed by atoms with van der Waals surface area (Å²) in [6.45, 7) is 0. The third-order valence-corrected chi connectivity index (χ3v) is 3.35. The van der Waals surface area contributed by atoms with Gasteiger partial charge in [0.2, 0.25) is 0 Å². The van der Waals surface area contributed by atoms with Crippen molar-refractivity contribution in [1.82, 2.24) is 0 Å². The van der Waals surface area contributed by atoms with Crippen molar-refractivity contribution in [2.75, 3.05) is 17.3 Å². The van der Waals surface area contributed by atoms with Crippen molar-refractivity contribution < 1.29 is 0 Å². The molecule has 0 saturated carbocycles. The van der Waals surface area contributed by atoms with E-state index < -0.39 is 0 Å². The summed E-state index contributed by atoms with van der Waals surface area (Å²) in [6.07, 6.45) is 2.04. The maximum Gasteiger partial charge on any atom is 0.101 e. The maximum atomic E-state index is 8.83. The van der Waals surface area contributed by atoms with Crippen molar-refractivity contribution in [2.24, 2.45) is 0 Å². The van der Waals surface area contributed by atoms with E-state index in [0.29, 0.717) is 11.3 Å². The molecule has 2 rings (SSSR count). The predicted molar refractivity (Wildman–Crippen MR) is 77.1 cm³/mol. The van der Waals surface area contributed by atoms with Gasteiger partial charge in [-0.3, -0.25) is 0 Å². The molecule has 2 aromatic carbocycles. The largest absolute Gasteiger partial charge is 0.398 e. The second-order valence-electron chi connectivity index (χ2n) is 3.74. The van der Waals surface area contributed by atoms with E-state index >= 15 is 0 Å². The van der Waals surface area contributed by atoms with Gasteiger partial charge < -0.3 is 11.1 Å². The fourth-order valence-corrected chi connectivity index (χ4v) is 2.20. The number of nitrogens with one attached hydrogen (secondary N) is 1. The first-order valence-electron chi connectivity index (χ1n) is 5.44. The fourth-order valence-electron chi connectivity index (χ4n) is 1.65. The molecule has 18 heavy (non-hydrogen) atoms. The number of nitrogen functional groups attached to an aromatic ring is 1. The molecule has 3 N–H and O–H groups in total. The second-order valence-corrected chi connectivity index (χ2v) is 4.59. The Hall–Kier alpha value is -2.12. The SMILES string of the molecule is CSc1ccccc1Nc1ccc(C#N)c(N)c1. The fraction of sp³-hybridized carbons (Fsp3) is 0.0714. The Labute approximate surface area is 111 Å². The van der Waals surface area contributed by atoms with Gasteiger partial charge in [0.05, 0.1) is 16.9 Å². The van der Waals surface area contributed by atoms with Gasteiger partial charge >= 0.3 is 0 Å². The van der Waals surface area contributed by atoms with Gasteiger partial charge in [-0.25, -0.2) is 0 Å².